The number of Topliss-reactive ketones (excluding diaryl/α,β-unsaturated/α-hetero) is 1. The van der Waals surface area contributed by atoms with Crippen molar-refractivity contribution in [3.05, 3.63) is 29.6 Å². The van der Waals surface area contributed by atoms with Crippen LogP contribution in [0, 0.1) is 23.7 Å². The van der Waals surface area contributed by atoms with E-state index in [1.54, 1.807) is 48.5 Å². The largest absolute Gasteiger partial charge is 0.459 e. The molecule has 5 rings (SSSR count). The van der Waals surface area contributed by atoms with E-state index in [0.717, 1.165) is 6.07 Å². The van der Waals surface area contributed by atoms with Crippen molar-refractivity contribution >= 4 is 34.8 Å². The zero-order chi connectivity index (χ0) is 53.3. The van der Waals surface area contributed by atoms with Crippen molar-refractivity contribution in [1.82, 2.24) is 25.7 Å². The van der Waals surface area contributed by atoms with Crippen LogP contribution in [0.2, 0.25) is 0 Å². The van der Waals surface area contributed by atoms with Gasteiger partial charge in [0.2, 0.25) is 5.82 Å². The van der Waals surface area contributed by atoms with Gasteiger partial charge in [0.1, 0.15) is 29.2 Å². The second-order valence-electron chi connectivity index (χ2n) is 20.4. The molecule has 3 saturated heterocycles. The van der Waals surface area contributed by atoms with Gasteiger partial charge in [0.25, 0.3) is 5.91 Å². The zero-order valence-corrected chi connectivity index (χ0v) is 43.0. The number of hydrogen-bond acceptors (Lipinski definition) is 17. The highest BCUT2D eigenvalue weighted by Crippen LogP contribution is 2.42. The monoisotopic (exact) mass is 1020 g/mol. The van der Waals surface area contributed by atoms with Gasteiger partial charge >= 0.3 is 18.2 Å². The van der Waals surface area contributed by atoms with Crippen molar-refractivity contribution in [2.45, 2.75) is 185 Å². The first-order valence-corrected chi connectivity index (χ1v) is 24.0. The lowest BCUT2D eigenvalue weighted by Gasteiger charge is -2.50. The minimum Gasteiger partial charge on any atom is -0.459 e. The molecule has 23 heteroatoms. The molecule has 0 bridgehead atoms. The summed E-state index contributed by atoms with van der Waals surface area (Å²) >= 11 is 0. The summed E-state index contributed by atoms with van der Waals surface area (Å²) in [5.74, 6) is -7.27. The highest BCUT2D eigenvalue weighted by Gasteiger charge is 2.55. The van der Waals surface area contributed by atoms with Crippen LogP contribution in [0.5, 0.6) is 0 Å². The number of aromatic nitrogens is 2. The Balaban J connectivity index is 1.45. The second-order valence-corrected chi connectivity index (χ2v) is 20.4. The van der Waals surface area contributed by atoms with Gasteiger partial charge < -0.3 is 63.1 Å². The molecule has 3 fully saturated rings. The summed E-state index contributed by atoms with van der Waals surface area (Å²) in [6, 6.07) is 3.21. The first-order valence-electron chi connectivity index (χ1n) is 24.0. The quantitative estimate of drug-likeness (QED) is 0.142. The van der Waals surface area contributed by atoms with E-state index in [0.29, 0.717) is 6.42 Å². The molecule has 18 atom stereocenters. The van der Waals surface area contributed by atoms with E-state index >= 15 is 0 Å². The number of benzene rings is 1. The van der Waals surface area contributed by atoms with E-state index in [-0.39, 0.29) is 48.0 Å². The van der Waals surface area contributed by atoms with E-state index in [9.17, 15) is 47.7 Å². The number of aliphatic hydroxyl groups is 3. The van der Waals surface area contributed by atoms with Crippen LogP contribution in [-0.4, -0.2) is 167 Å². The summed E-state index contributed by atoms with van der Waals surface area (Å²) in [4.78, 5) is 62.4. The Hall–Kier alpha value is -4.04. The number of nitrogens with one attached hydrogen (secondary N) is 3. The molecule has 0 aliphatic carbocycles. The van der Waals surface area contributed by atoms with Crippen molar-refractivity contribution in [2.24, 2.45) is 23.7 Å². The highest BCUT2D eigenvalue weighted by molar-refractivity contribution is 5.98. The van der Waals surface area contributed by atoms with Crippen molar-refractivity contribution in [1.29, 1.82) is 0 Å². The van der Waals surface area contributed by atoms with Crippen LogP contribution < -0.4 is 10.9 Å². The van der Waals surface area contributed by atoms with E-state index < -0.39 is 132 Å². The van der Waals surface area contributed by atoms with Gasteiger partial charge in [-0.3, -0.25) is 19.8 Å². The molecule has 0 spiro atoms. The number of alkyl halides is 3. The molecule has 6 N–H and O–H groups in total. The number of amides is 2. The Labute approximate surface area is 412 Å². The number of hydrazine groups is 1. The molecule has 0 saturated carbocycles. The smallest absolute Gasteiger partial charge is 0.449 e. The molecule has 2 aromatic rings. The number of esters is 1. The van der Waals surface area contributed by atoms with Crippen LogP contribution in [0.4, 0.5) is 18.0 Å². The van der Waals surface area contributed by atoms with Gasteiger partial charge in [-0.15, -0.1) is 0 Å². The molecule has 71 heavy (non-hydrogen) atoms. The maximum Gasteiger partial charge on any atom is 0.449 e. The van der Waals surface area contributed by atoms with Crippen LogP contribution in [0.1, 0.15) is 111 Å². The number of ether oxygens (including phenoxy) is 8. The summed E-state index contributed by atoms with van der Waals surface area (Å²) in [6.07, 6.45) is -16.7. The van der Waals surface area contributed by atoms with E-state index in [1.165, 1.54) is 40.2 Å². The molecule has 4 heterocycles. The van der Waals surface area contributed by atoms with Crippen LogP contribution >= 0.6 is 0 Å². The molecule has 3 aliphatic heterocycles. The normalized spacial score (nSPS) is 39.1. The summed E-state index contributed by atoms with van der Waals surface area (Å²) in [5, 5.41) is 35.1. The maximum atomic E-state index is 14.5. The Morgan fingerprint density at radius 3 is 2.15 bits per heavy atom. The second kappa shape index (κ2) is 22.6. The zero-order valence-electron chi connectivity index (χ0n) is 43.0. The Morgan fingerprint density at radius 2 is 1.56 bits per heavy atom. The summed E-state index contributed by atoms with van der Waals surface area (Å²) in [7, 11) is 6.49. The number of aliphatic hydroxyl groups excluding tert-OH is 2. The van der Waals surface area contributed by atoms with Gasteiger partial charge in [0.15, 0.2) is 18.7 Å². The first kappa shape index (κ1) is 57.9. The first-order chi connectivity index (χ1) is 32.9. The molecule has 0 unspecified atom stereocenters. The SMILES string of the molecule is CC[C@H]1OC(=O)[C@H](C)[C@@H](O[C@H]2C[C@@](C)(OC)[C@@H](OC(=O)NNC(=O)c3ccc4nc(C(F)(F)F)[nH]c4c3)[C@H](C)O2)[C@H](C)[C@@H](O[C@@H]2O[C@H](C)C[C@H](N(C)C)[C@H]2O)[C@](C)(OC)C[C@@H](C)C(=O)[C@H](C)[C@@H](O)[C@]1(C)O. The van der Waals surface area contributed by atoms with E-state index in [1.807, 2.05) is 25.9 Å². The van der Waals surface area contributed by atoms with Crippen LogP contribution in [-0.2, 0) is 53.7 Å². The van der Waals surface area contributed by atoms with Gasteiger partial charge in [0.05, 0.1) is 53.1 Å². The minimum atomic E-state index is -4.74. The van der Waals surface area contributed by atoms with Gasteiger partial charge in [-0.25, -0.2) is 15.2 Å². The molecule has 3 aliphatic rings. The average Bonchev–Trinajstić information content (AvgIpc) is 3.76. The van der Waals surface area contributed by atoms with Gasteiger partial charge in [0, 0.05) is 50.0 Å². The number of carbonyl (C=O) groups is 4. The standard InChI is InChI=1S/C48H74F3N5O15/c1-15-32-47(10,63)37(59)24(4)34(57)22(2)20-45(8,64-13)38(70-42-35(58)31(56(11)12)18-23(3)66-42)25(5)36(26(6)41(61)68-32)69-33-21-46(9,65-14)39(27(7)67-33)71-44(62)55-54-40(60)28-16-17-29-30(19-28)53-43(52-29)48(49,50)51/h16-17,19,22-27,31-33,35-39,42,58-59,63H,15,18,20-21H2,1-14H3,(H,52,53)(H,54,60)(H,55,62)/t22-,23-,24+,25+,26-,27+,31+,32-,33+,35-,36+,37-,38-,39+,42+,45-,46-,47-/m1/s1. The lowest BCUT2D eigenvalue weighted by Crippen LogP contribution is -2.62. The number of imidazole rings is 1. The lowest BCUT2D eigenvalue weighted by atomic mass is 9.74. The number of cyclic esters (lactones) is 1. The van der Waals surface area contributed by atoms with Crippen molar-refractivity contribution in [3.8, 4) is 0 Å². The number of methoxy groups -OCH3 is 2. The van der Waals surface area contributed by atoms with Crippen LogP contribution in [0.3, 0.4) is 0 Å². The molecular formula is C48H74F3N5O15. The predicted molar refractivity (Wildman–Crippen MR) is 247 cm³/mol. The average molecular weight is 1020 g/mol. The number of nitrogens with zero attached hydrogens (tertiary/aromatic N) is 2. The van der Waals surface area contributed by atoms with Crippen molar-refractivity contribution in [2.75, 3.05) is 28.3 Å². The molecule has 1 aromatic carbocycles. The lowest BCUT2D eigenvalue weighted by molar-refractivity contribution is -0.319. The van der Waals surface area contributed by atoms with Crippen molar-refractivity contribution < 1.29 is 85.6 Å². The van der Waals surface area contributed by atoms with Crippen LogP contribution in [0.25, 0.3) is 11.0 Å². The molecule has 402 valence electrons. The minimum absolute atomic E-state index is 0.0112. The summed E-state index contributed by atoms with van der Waals surface area (Å²) < 4.78 is 90.0. The molecule has 0 radical (unpaired) electrons. The third-order valence-electron chi connectivity index (χ3n) is 14.8. The van der Waals surface area contributed by atoms with Gasteiger partial charge in [-0.2, -0.15) is 13.2 Å². The number of hydrogen-bond donors (Lipinski definition) is 6. The van der Waals surface area contributed by atoms with Gasteiger partial charge in [-0.1, -0.05) is 27.7 Å². The number of aromatic amines is 1. The third kappa shape index (κ3) is 12.7. The number of likely N-dealkylation sites (N-methyl/N-ethyl adjacent to an activating group) is 1. The summed E-state index contributed by atoms with van der Waals surface area (Å²) in [6.45, 7) is 16.3. The Morgan fingerprint density at radius 1 is 0.930 bits per heavy atom. The fourth-order valence-corrected chi connectivity index (χ4v) is 10.4. The van der Waals surface area contributed by atoms with Gasteiger partial charge in [-0.05, 0) is 93.1 Å². The third-order valence-corrected chi connectivity index (χ3v) is 14.8. The van der Waals surface area contributed by atoms with E-state index in [2.05, 4.69) is 20.8 Å². The number of carbonyl (C=O) groups excluding carboxylic acids is 4. The van der Waals surface area contributed by atoms with Crippen LogP contribution in [0.15, 0.2) is 18.2 Å². The molecule has 1 aromatic heterocycles. The molecule has 20 nitrogen and oxygen atoms in total. The number of H-pyrrole nitrogens is 1. The topological polar surface area (TPSA) is 259 Å². The van der Waals surface area contributed by atoms with Crippen molar-refractivity contribution in [3.63, 3.8) is 0 Å². The molecule has 2 amide bonds. The number of fused-ring (bicyclic) bond motifs is 1. The van der Waals surface area contributed by atoms with E-state index in [4.69, 9.17) is 37.9 Å². The fraction of sp³-hybridized carbons (Fsp3) is 0.771. The fourth-order valence-electron chi connectivity index (χ4n) is 10.4. The Kier molecular flexibility index (Phi) is 18.4. The molecular weight excluding hydrogens is 944 g/mol. The maximum absolute atomic E-state index is 14.5. The summed E-state index contributed by atoms with van der Waals surface area (Å²) in [5.41, 5.74) is -0.680. The Bertz CT molecular complexity index is 2180. The number of ketones is 1. The highest BCUT2D eigenvalue weighted by atomic mass is 19.4. The number of rotatable bonds is 10. The number of halogens is 3. The predicted octanol–water partition coefficient (Wildman–Crippen LogP) is 4.41.